The van der Waals surface area contributed by atoms with Crippen molar-refractivity contribution in [3.05, 3.63) is 0 Å². The Kier molecular flexibility index (Phi) is 3.11. The number of likely N-dealkylation sites (tertiary alicyclic amines) is 1. The van der Waals surface area contributed by atoms with Crippen LogP contribution in [-0.4, -0.2) is 35.9 Å². The van der Waals surface area contributed by atoms with Crippen LogP contribution in [0.5, 0.6) is 0 Å². The number of carbonyl (C=O) groups excluding carboxylic acids is 1. The van der Waals surface area contributed by atoms with E-state index in [-0.39, 0.29) is 17.9 Å². The van der Waals surface area contributed by atoms with Gasteiger partial charge in [-0.15, -0.1) is 0 Å². The van der Waals surface area contributed by atoms with E-state index in [1.54, 1.807) is 4.90 Å². The van der Waals surface area contributed by atoms with Crippen molar-refractivity contribution in [2.24, 2.45) is 5.73 Å². The van der Waals surface area contributed by atoms with Gasteiger partial charge in [0.2, 0.25) is 0 Å². The smallest absolute Gasteiger partial charge is 0.318 e. The van der Waals surface area contributed by atoms with E-state index in [2.05, 4.69) is 5.32 Å². The second-order valence-electron chi connectivity index (χ2n) is 3.14. The van der Waals surface area contributed by atoms with Crippen LogP contribution in [0.4, 0.5) is 4.79 Å². The monoisotopic (exact) mass is 184 g/mol. The second kappa shape index (κ2) is 4.11. The number of nitrogens with zero attached hydrogens (tertiary/aromatic N) is 1. The summed E-state index contributed by atoms with van der Waals surface area (Å²) in [7, 11) is 0. The first kappa shape index (κ1) is 9.83. The molecular weight excluding hydrogens is 168 g/mol. The normalized spacial score (nSPS) is 21.6. The Bertz CT molecular complexity index is 216. The number of nitrogens with one attached hydrogen (secondary N) is 2. The number of nitrogens with two attached hydrogens (primary N) is 1. The topological polar surface area (TPSA) is 82.2 Å². The third-order valence-corrected chi connectivity index (χ3v) is 2.20. The van der Waals surface area contributed by atoms with E-state index in [0.717, 1.165) is 12.8 Å². The van der Waals surface area contributed by atoms with E-state index in [1.807, 2.05) is 6.92 Å². The van der Waals surface area contributed by atoms with Gasteiger partial charge >= 0.3 is 6.03 Å². The van der Waals surface area contributed by atoms with Crippen LogP contribution in [0.3, 0.4) is 0 Å². The summed E-state index contributed by atoms with van der Waals surface area (Å²) < 4.78 is 0. The molecule has 1 heterocycles. The molecule has 0 aromatic heterocycles. The van der Waals surface area contributed by atoms with Crippen molar-refractivity contribution in [3.8, 4) is 0 Å². The number of hydrogen-bond acceptors (Lipinski definition) is 2. The fraction of sp³-hybridized carbons (Fsp3) is 0.750. The molecule has 1 rings (SSSR count). The first-order valence-corrected chi connectivity index (χ1v) is 4.55. The molecule has 4 N–H and O–H groups in total. The maximum Gasteiger partial charge on any atom is 0.318 e. The Hall–Kier alpha value is -1.26. The maximum atomic E-state index is 11.4. The average Bonchev–Trinajstić information content (AvgIpc) is 2.52. The van der Waals surface area contributed by atoms with E-state index in [0.29, 0.717) is 13.1 Å². The van der Waals surface area contributed by atoms with Gasteiger partial charge in [0.15, 0.2) is 0 Å². The zero-order chi connectivity index (χ0) is 9.84. The molecule has 2 amide bonds. The predicted molar refractivity (Wildman–Crippen MR) is 50.7 cm³/mol. The minimum atomic E-state index is -0.188. The molecule has 5 nitrogen and oxygen atoms in total. The Morgan fingerprint density at radius 2 is 2.46 bits per heavy atom. The zero-order valence-corrected chi connectivity index (χ0v) is 7.84. The number of amidine groups is 1. The van der Waals surface area contributed by atoms with Crippen LogP contribution in [0.25, 0.3) is 0 Å². The van der Waals surface area contributed by atoms with Gasteiger partial charge in [-0.2, -0.15) is 0 Å². The highest BCUT2D eigenvalue weighted by molar-refractivity contribution is 5.88. The predicted octanol–water partition coefficient (Wildman–Crippen LogP) is 0.116. The van der Waals surface area contributed by atoms with Crippen molar-refractivity contribution in [2.45, 2.75) is 25.8 Å². The molecule has 1 aliphatic rings. The lowest BCUT2D eigenvalue weighted by molar-refractivity contribution is 0.203. The first-order valence-electron chi connectivity index (χ1n) is 4.55. The Balaban J connectivity index is 2.57. The van der Waals surface area contributed by atoms with Crippen molar-refractivity contribution in [3.63, 3.8) is 0 Å². The minimum absolute atomic E-state index is 0.0868. The van der Waals surface area contributed by atoms with Crippen LogP contribution in [0.2, 0.25) is 0 Å². The quantitative estimate of drug-likeness (QED) is 0.420. The van der Waals surface area contributed by atoms with Crippen LogP contribution in [0.15, 0.2) is 0 Å². The fourth-order valence-electron chi connectivity index (χ4n) is 1.59. The molecule has 0 bridgehead atoms. The molecule has 0 aliphatic carbocycles. The van der Waals surface area contributed by atoms with Gasteiger partial charge < -0.3 is 16.0 Å². The highest BCUT2D eigenvalue weighted by Gasteiger charge is 2.30. The van der Waals surface area contributed by atoms with Crippen molar-refractivity contribution < 1.29 is 4.79 Å². The van der Waals surface area contributed by atoms with Gasteiger partial charge in [-0.1, -0.05) is 0 Å². The van der Waals surface area contributed by atoms with Crippen LogP contribution in [0, 0.1) is 5.41 Å². The molecule has 1 fully saturated rings. The molecule has 74 valence electrons. The summed E-state index contributed by atoms with van der Waals surface area (Å²) in [6.07, 6.45) is 1.74. The van der Waals surface area contributed by atoms with E-state index >= 15 is 0 Å². The van der Waals surface area contributed by atoms with Gasteiger partial charge in [0.05, 0.1) is 6.04 Å². The van der Waals surface area contributed by atoms with Crippen LogP contribution in [0.1, 0.15) is 19.8 Å². The molecule has 0 aromatic rings. The zero-order valence-electron chi connectivity index (χ0n) is 7.84. The third-order valence-electron chi connectivity index (χ3n) is 2.20. The molecule has 0 spiro atoms. The molecule has 5 heteroatoms. The SMILES string of the molecule is CCNC(=O)N1CCCC1C(=N)N. The lowest BCUT2D eigenvalue weighted by atomic mass is 10.2. The van der Waals surface area contributed by atoms with Crippen LogP contribution < -0.4 is 11.1 Å². The lowest BCUT2D eigenvalue weighted by Gasteiger charge is -2.23. The third kappa shape index (κ3) is 2.11. The van der Waals surface area contributed by atoms with Crippen molar-refractivity contribution in [1.82, 2.24) is 10.2 Å². The summed E-state index contributed by atoms with van der Waals surface area (Å²) in [4.78, 5) is 13.1. The van der Waals surface area contributed by atoms with Crippen molar-refractivity contribution in [2.75, 3.05) is 13.1 Å². The summed E-state index contributed by atoms with van der Waals surface area (Å²) in [5, 5.41) is 10.0. The van der Waals surface area contributed by atoms with E-state index in [1.165, 1.54) is 0 Å². The molecule has 1 aliphatic heterocycles. The Morgan fingerprint density at radius 3 is 3.00 bits per heavy atom. The summed E-state index contributed by atoms with van der Waals surface area (Å²) >= 11 is 0. The van der Waals surface area contributed by atoms with Gasteiger partial charge in [0.1, 0.15) is 5.84 Å². The van der Waals surface area contributed by atoms with Crippen molar-refractivity contribution in [1.29, 1.82) is 5.41 Å². The van der Waals surface area contributed by atoms with E-state index in [9.17, 15) is 4.79 Å². The standard InChI is InChI=1S/C8H16N4O/c1-2-11-8(13)12-5-3-4-6(12)7(9)10/h6H,2-5H2,1H3,(H3,9,10)(H,11,13). The Morgan fingerprint density at radius 1 is 1.77 bits per heavy atom. The molecule has 1 unspecified atom stereocenters. The second-order valence-corrected chi connectivity index (χ2v) is 3.14. The summed E-state index contributed by atoms with van der Waals surface area (Å²) in [5.74, 6) is 0.0868. The number of rotatable bonds is 2. The lowest BCUT2D eigenvalue weighted by Crippen LogP contribution is -2.47. The number of urea groups is 1. The van der Waals surface area contributed by atoms with Crippen LogP contribution in [-0.2, 0) is 0 Å². The summed E-state index contributed by atoms with van der Waals surface area (Å²) in [5.41, 5.74) is 5.38. The number of amides is 2. The Labute approximate surface area is 77.8 Å². The molecule has 0 saturated carbocycles. The van der Waals surface area contributed by atoms with E-state index in [4.69, 9.17) is 11.1 Å². The molecule has 1 atom stereocenters. The highest BCUT2D eigenvalue weighted by atomic mass is 16.2. The van der Waals surface area contributed by atoms with Crippen molar-refractivity contribution >= 4 is 11.9 Å². The van der Waals surface area contributed by atoms with Gasteiger partial charge in [-0.3, -0.25) is 5.41 Å². The summed E-state index contributed by atoms with van der Waals surface area (Å²) in [6.45, 7) is 3.19. The largest absolute Gasteiger partial charge is 0.386 e. The van der Waals surface area contributed by atoms with Gasteiger partial charge in [-0.25, -0.2) is 4.79 Å². The average molecular weight is 184 g/mol. The van der Waals surface area contributed by atoms with E-state index < -0.39 is 0 Å². The number of hydrogen-bond donors (Lipinski definition) is 3. The molecule has 0 radical (unpaired) electrons. The van der Waals surface area contributed by atoms with Gasteiger partial charge in [0.25, 0.3) is 0 Å². The molecule has 0 aromatic carbocycles. The van der Waals surface area contributed by atoms with Gasteiger partial charge in [0, 0.05) is 13.1 Å². The fourth-order valence-corrected chi connectivity index (χ4v) is 1.59. The highest BCUT2D eigenvalue weighted by Crippen LogP contribution is 2.16. The number of carbonyl (C=O) groups is 1. The maximum absolute atomic E-state index is 11.4. The molecular formula is C8H16N4O. The van der Waals surface area contributed by atoms with Gasteiger partial charge in [-0.05, 0) is 19.8 Å². The first-order chi connectivity index (χ1) is 6.16. The summed E-state index contributed by atoms with van der Waals surface area (Å²) in [6, 6.07) is -0.299. The molecule has 1 saturated heterocycles. The molecule has 13 heavy (non-hydrogen) atoms. The van der Waals surface area contributed by atoms with Crippen LogP contribution >= 0.6 is 0 Å². The minimum Gasteiger partial charge on any atom is -0.386 e.